The second-order valence-corrected chi connectivity index (χ2v) is 5.83. The number of benzene rings is 1. The summed E-state index contributed by atoms with van der Waals surface area (Å²) in [7, 11) is 0. The molecule has 0 amide bonds. The SMILES string of the molecule is CCCOc1ccc(CN)c(OC2CCCC(C)C2)c1. The molecule has 112 valence electrons. The van der Waals surface area contributed by atoms with Crippen molar-refractivity contribution >= 4 is 0 Å². The number of rotatable bonds is 6. The largest absolute Gasteiger partial charge is 0.493 e. The second kappa shape index (κ2) is 7.53. The molecule has 2 rings (SSSR count). The zero-order valence-corrected chi connectivity index (χ0v) is 12.7. The van der Waals surface area contributed by atoms with Crippen molar-refractivity contribution in [1.82, 2.24) is 0 Å². The Bertz CT molecular complexity index is 419. The Kier molecular flexibility index (Phi) is 5.72. The second-order valence-electron chi connectivity index (χ2n) is 5.83. The van der Waals surface area contributed by atoms with Gasteiger partial charge >= 0.3 is 0 Å². The highest BCUT2D eigenvalue weighted by atomic mass is 16.5. The van der Waals surface area contributed by atoms with Crippen molar-refractivity contribution < 1.29 is 9.47 Å². The Morgan fingerprint density at radius 2 is 2.15 bits per heavy atom. The lowest BCUT2D eigenvalue weighted by molar-refractivity contribution is 0.127. The van der Waals surface area contributed by atoms with E-state index >= 15 is 0 Å². The molecule has 0 bridgehead atoms. The minimum Gasteiger partial charge on any atom is -0.493 e. The number of nitrogens with two attached hydrogens (primary N) is 1. The summed E-state index contributed by atoms with van der Waals surface area (Å²) in [6.07, 6.45) is 6.21. The molecule has 0 aliphatic heterocycles. The van der Waals surface area contributed by atoms with E-state index in [9.17, 15) is 0 Å². The highest BCUT2D eigenvalue weighted by molar-refractivity contribution is 5.40. The van der Waals surface area contributed by atoms with Crippen molar-refractivity contribution in [1.29, 1.82) is 0 Å². The van der Waals surface area contributed by atoms with Gasteiger partial charge in [0, 0.05) is 18.2 Å². The average Bonchev–Trinajstić information content (AvgIpc) is 2.45. The third-order valence-electron chi connectivity index (χ3n) is 3.91. The first-order valence-electron chi connectivity index (χ1n) is 7.85. The topological polar surface area (TPSA) is 44.5 Å². The van der Waals surface area contributed by atoms with Crippen LogP contribution in [0, 0.1) is 5.92 Å². The van der Waals surface area contributed by atoms with Crippen molar-refractivity contribution in [3.05, 3.63) is 23.8 Å². The maximum Gasteiger partial charge on any atom is 0.127 e. The Morgan fingerprint density at radius 3 is 2.85 bits per heavy atom. The van der Waals surface area contributed by atoms with Crippen LogP contribution >= 0.6 is 0 Å². The molecule has 0 spiro atoms. The molecule has 0 saturated heterocycles. The van der Waals surface area contributed by atoms with Crippen LogP contribution in [0.5, 0.6) is 11.5 Å². The van der Waals surface area contributed by atoms with Gasteiger partial charge in [0.05, 0.1) is 12.7 Å². The van der Waals surface area contributed by atoms with Crippen LogP contribution in [0.15, 0.2) is 18.2 Å². The van der Waals surface area contributed by atoms with Crippen LogP contribution in [0.4, 0.5) is 0 Å². The van der Waals surface area contributed by atoms with Crippen molar-refractivity contribution in [3.63, 3.8) is 0 Å². The fourth-order valence-corrected chi connectivity index (χ4v) is 2.79. The summed E-state index contributed by atoms with van der Waals surface area (Å²) in [6.45, 7) is 5.66. The lowest BCUT2D eigenvalue weighted by Crippen LogP contribution is -2.24. The predicted octanol–water partition coefficient (Wildman–Crippen LogP) is 3.89. The van der Waals surface area contributed by atoms with E-state index < -0.39 is 0 Å². The van der Waals surface area contributed by atoms with Gasteiger partial charge in [-0.15, -0.1) is 0 Å². The van der Waals surface area contributed by atoms with E-state index in [2.05, 4.69) is 13.8 Å². The molecule has 1 fully saturated rings. The van der Waals surface area contributed by atoms with Crippen LogP contribution in [0.25, 0.3) is 0 Å². The first-order chi connectivity index (χ1) is 9.72. The molecule has 1 saturated carbocycles. The molecule has 3 nitrogen and oxygen atoms in total. The number of hydrogen-bond acceptors (Lipinski definition) is 3. The van der Waals surface area contributed by atoms with E-state index in [4.69, 9.17) is 15.2 Å². The first-order valence-corrected chi connectivity index (χ1v) is 7.85. The summed E-state index contributed by atoms with van der Waals surface area (Å²) < 4.78 is 11.9. The van der Waals surface area contributed by atoms with Gasteiger partial charge in [-0.3, -0.25) is 0 Å². The van der Waals surface area contributed by atoms with Gasteiger partial charge in [0.2, 0.25) is 0 Å². The molecule has 20 heavy (non-hydrogen) atoms. The summed E-state index contributed by atoms with van der Waals surface area (Å²) in [4.78, 5) is 0. The Balaban J connectivity index is 2.07. The van der Waals surface area contributed by atoms with Crippen molar-refractivity contribution in [2.45, 2.75) is 58.6 Å². The van der Waals surface area contributed by atoms with E-state index in [1.165, 1.54) is 12.8 Å². The lowest BCUT2D eigenvalue weighted by atomic mass is 9.88. The van der Waals surface area contributed by atoms with Gasteiger partial charge in [-0.1, -0.05) is 26.3 Å². The van der Waals surface area contributed by atoms with Gasteiger partial charge in [0.1, 0.15) is 11.5 Å². The molecule has 1 aromatic rings. The van der Waals surface area contributed by atoms with Gasteiger partial charge in [-0.05, 0) is 37.7 Å². The van der Waals surface area contributed by atoms with Crippen LogP contribution < -0.4 is 15.2 Å². The summed E-state index contributed by atoms with van der Waals surface area (Å²) in [5, 5.41) is 0. The summed E-state index contributed by atoms with van der Waals surface area (Å²) in [5.41, 5.74) is 6.87. The third-order valence-corrected chi connectivity index (χ3v) is 3.91. The summed E-state index contributed by atoms with van der Waals surface area (Å²) >= 11 is 0. The molecule has 3 heteroatoms. The standard InChI is InChI=1S/C17H27NO2/c1-3-9-19-15-8-7-14(12-18)17(11-15)20-16-6-4-5-13(2)10-16/h7-8,11,13,16H,3-6,9-10,12,18H2,1-2H3. The van der Waals surface area contributed by atoms with Crippen molar-refractivity contribution in [2.24, 2.45) is 11.7 Å². The molecule has 1 aliphatic rings. The van der Waals surface area contributed by atoms with Crippen molar-refractivity contribution in [2.75, 3.05) is 6.61 Å². The number of hydrogen-bond donors (Lipinski definition) is 1. The molecule has 0 aromatic heterocycles. The van der Waals surface area contributed by atoms with E-state index in [0.29, 0.717) is 12.6 Å². The Hall–Kier alpha value is -1.22. The van der Waals surface area contributed by atoms with Crippen molar-refractivity contribution in [3.8, 4) is 11.5 Å². The lowest BCUT2D eigenvalue weighted by Gasteiger charge is -2.28. The fourth-order valence-electron chi connectivity index (χ4n) is 2.79. The quantitative estimate of drug-likeness (QED) is 0.858. The maximum atomic E-state index is 6.21. The van der Waals surface area contributed by atoms with Gasteiger partial charge in [0.15, 0.2) is 0 Å². The molecule has 0 heterocycles. The van der Waals surface area contributed by atoms with E-state index in [0.717, 1.165) is 48.8 Å². The maximum absolute atomic E-state index is 6.21. The van der Waals surface area contributed by atoms with E-state index in [-0.39, 0.29) is 0 Å². The number of ether oxygens (including phenoxy) is 2. The molecule has 2 unspecified atom stereocenters. The molecule has 1 aromatic carbocycles. The highest BCUT2D eigenvalue weighted by Crippen LogP contribution is 2.31. The summed E-state index contributed by atoms with van der Waals surface area (Å²) in [5.74, 6) is 2.54. The smallest absolute Gasteiger partial charge is 0.127 e. The monoisotopic (exact) mass is 277 g/mol. The molecule has 2 atom stereocenters. The van der Waals surface area contributed by atoms with E-state index in [1.807, 2.05) is 18.2 Å². The molecular formula is C17H27NO2. The molecule has 2 N–H and O–H groups in total. The zero-order valence-electron chi connectivity index (χ0n) is 12.7. The Morgan fingerprint density at radius 1 is 1.30 bits per heavy atom. The first kappa shape index (κ1) is 15.2. The highest BCUT2D eigenvalue weighted by Gasteiger charge is 2.21. The molecule has 0 radical (unpaired) electrons. The Labute approximate surface area is 122 Å². The average molecular weight is 277 g/mol. The predicted molar refractivity (Wildman–Crippen MR) is 82.2 cm³/mol. The molecular weight excluding hydrogens is 250 g/mol. The summed E-state index contributed by atoms with van der Waals surface area (Å²) in [6, 6.07) is 6.00. The normalized spacial score (nSPS) is 22.6. The van der Waals surface area contributed by atoms with Crippen LogP contribution in [-0.2, 0) is 6.54 Å². The third kappa shape index (κ3) is 4.14. The zero-order chi connectivity index (χ0) is 14.4. The minimum absolute atomic E-state index is 0.325. The van der Waals surface area contributed by atoms with E-state index in [1.54, 1.807) is 0 Å². The fraction of sp³-hybridized carbons (Fsp3) is 0.647. The molecule has 1 aliphatic carbocycles. The van der Waals surface area contributed by atoms with Gasteiger partial charge in [0.25, 0.3) is 0 Å². The van der Waals surface area contributed by atoms with Crippen LogP contribution in [0.2, 0.25) is 0 Å². The van der Waals surface area contributed by atoms with Gasteiger partial charge in [-0.25, -0.2) is 0 Å². The van der Waals surface area contributed by atoms with Gasteiger partial charge < -0.3 is 15.2 Å². The van der Waals surface area contributed by atoms with Crippen LogP contribution in [0.1, 0.15) is 51.5 Å². The van der Waals surface area contributed by atoms with Crippen LogP contribution in [0.3, 0.4) is 0 Å². The van der Waals surface area contributed by atoms with Gasteiger partial charge in [-0.2, -0.15) is 0 Å². The van der Waals surface area contributed by atoms with Crippen LogP contribution in [-0.4, -0.2) is 12.7 Å². The minimum atomic E-state index is 0.325.